The number of nitrogens with one attached hydrogen (secondary N) is 1. The minimum Gasteiger partial charge on any atom is -0.454 e. The molecule has 29 heavy (non-hydrogen) atoms. The minimum absolute atomic E-state index is 0.0457. The molecule has 1 aliphatic carbocycles. The molecular formula is C22H20ClN3O3. The maximum absolute atomic E-state index is 12.8. The van der Waals surface area contributed by atoms with Crippen LogP contribution in [0.2, 0.25) is 5.02 Å². The van der Waals surface area contributed by atoms with Crippen LogP contribution in [0.25, 0.3) is 0 Å². The Kier molecular flexibility index (Phi) is 4.64. The average molecular weight is 410 g/mol. The molecule has 1 amide bonds. The number of fused-ring (bicyclic) bond motifs is 2. The highest BCUT2D eigenvalue weighted by Crippen LogP contribution is 2.34. The summed E-state index contributed by atoms with van der Waals surface area (Å²) >= 11 is 5.98. The Hall–Kier alpha value is -2.99. The van der Waals surface area contributed by atoms with Crippen molar-refractivity contribution in [3.05, 3.63) is 76.1 Å². The van der Waals surface area contributed by atoms with Crippen LogP contribution in [0, 0.1) is 0 Å². The molecule has 1 aliphatic heterocycles. The van der Waals surface area contributed by atoms with Gasteiger partial charge in [-0.15, -0.1) is 0 Å². The van der Waals surface area contributed by atoms with Gasteiger partial charge in [-0.05, 0) is 55.2 Å². The first kappa shape index (κ1) is 18.1. The van der Waals surface area contributed by atoms with Crippen LogP contribution in [0.4, 0.5) is 0 Å². The van der Waals surface area contributed by atoms with E-state index in [2.05, 4.69) is 10.4 Å². The Labute approximate surface area is 173 Å². The predicted octanol–water partition coefficient (Wildman–Crippen LogP) is 4.12. The van der Waals surface area contributed by atoms with E-state index < -0.39 is 0 Å². The van der Waals surface area contributed by atoms with Gasteiger partial charge >= 0.3 is 0 Å². The van der Waals surface area contributed by atoms with Crippen molar-refractivity contribution in [1.82, 2.24) is 15.1 Å². The lowest BCUT2D eigenvalue weighted by Crippen LogP contribution is -2.31. The Morgan fingerprint density at radius 2 is 2.00 bits per heavy atom. The van der Waals surface area contributed by atoms with Gasteiger partial charge in [0.25, 0.3) is 5.91 Å². The van der Waals surface area contributed by atoms with Crippen molar-refractivity contribution in [3.63, 3.8) is 0 Å². The molecule has 0 spiro atoms. The van der Waals surface area contributed by atoms with Gasteiger partial charge in [-0.3, -0.25) is 9.48 Å². The number of ether oxygens (including phenoxy) is 2. The van der Waals surface area contributed by atoms with Crippen molar-refractivity contribution in [2.24, 2.45) is 0 Å². The predicted molar refractivity (Wildman–Crippen MR) is 108 cm³/mol. The number of benzene rings is 2. The highest BCUT2D eigenvalue weighted by atomic mass is 35.5. The molecule has 0 unspecified atom stereocenters. The van der Waals surface area contributed by atoms with Crippen LogP contribution in [0.3, 0.4) is 0 Å². The topological polar surface area (TPSA) is 65.4 Å². The quantitative estimate of drug-likeness (QED) is 0.704. The molecule has 2 aliphatic rings. The monoisotopic (exact) mass is 409 g/mol. The van der Waals surface area contributed by atoms with E-state index >= 15 is 0 Å². The highest BCUT2D eigenvalue weighted by Gasteiger charge is 2.26. The van der Waals surface area contributed by atoms with E-state index in [9.17, 15) is 4.79 Å². The zero-order valence-electron chi connectivity index (χ0n) is 15.7. The number of halogens is 1. The van der Waals surface area contributed by atoms with Gasteiger partial charge in [-0.25, -0.2) is 0 Å². The lowest BCUT2D eigenvalue weighted by atomic mass is 9.92. The molecule has 1 atom stereocenters. The zero-order valence-corrected chi connectivity index (χ0v) is 16.5. The van der Waals surface area contributed by atoms with E-state index in [4.69, 9.17) is 21.1 Å². The highest BCUT2D eigenvalue weighted by molar-refractivity contribution is 6.30. The molecule has 1 N–H and O–H groups in total. The molecule has 5 rings (SSSR count). The van der Waals surface area contributed by atoms with E-state index in [0.717, 1.165) is 35.4 Å². The fourth-order valence-corrected chi connectivity index (χ4v) is 4.07. The third-order valence-electron chi connectivity index (χ3n) is 5.45. The second kappa shape index (κ2) is 7.44. The summed E-state index contributed by atoms with van der Waals surface area (Å²) in [7, 11) is 0. The normalized spacial score (nSPS) is 17.1. The van der Waals surface area contributed by atoms with Crippen LogP contribution in [-0.4, -0.2) is 22.5 Å². The second-order valence-electron chi connectivity index (χ2n) is 7.32. The summed E-state index contributed by atoms with van der Waals surface area (Å²) in [4.78, 5) is 12.8. The SMILES string of the molecule is O=C(N[C@H]1CCCc2c1cnn2Cc1ccc(Cl)cc1)c1ccc2c(c1)OCO2. The van der Waals surface area contributed by atoms with Gasteiger partial charge in [-0.1, -0.05) is 23.7 Å². The number of aromatic nitrogens is 2. The average Bonchev–Trinajstić information content (AvgIpc) is 3.37. The van der Waals surface area contributed by atoms with Gasteiger partial charge in [0.15, 0.2) is 11.5 Å². The van der Waals surface area contributed by atoms with Crippen molar-refractivity contribution >= 4 is 17.5 Å². The van der Waals surface area contributed by atoms with Crippen LogP contribution in [0.15, 0.2) is 48.7 Å². The van der Waals surface area contributed by atoms with Crippen LogP contribution in [0.5, 0.6) is 11.5 Å². The fraction of sp³-hybridized carbons (Fsp3) is 0.273. The molecule has 7 heteroatoms. The summed E-state index contributed by atoms with van der Waals surface area (Å²) in [5, 5.41) is 8.47. The van der Waals surface area contributed by atoms with Crippen LogP contribution < -0.4 is 14.8 Å². The molecule has 1 aromatic heterocycles. The summed E-state index contributed by atoms with van der Waals surface area (Å²) in [6.07, 6.45) is 4.75. The maximum Gasteiger partial charge on any atom is 0.251 e. The van der Waals surface area contributed by atoms with Crippen molar-refractivity contribution in [2.75, 3.05) is 6.79 Å². The summed E-state index contributed by atoms with van der Waals surface area (Å²) in [6.45, 7) is 0.883. The van der Waals surface area contributed by atoms with Crippen molar-refractivity contribution in [2.45, 2.75) is 31.8 Å². The van der Waals surface area contributed by atoms with Crippen molar-refractivity contribution < 1.29 is 14.3 Å². The van der Waals surface area contributed by atoms with Crippen LogP contribution in [0.1, 0.15) is 46.1 Å². The second-order valence-corrected chi connectivity index (χ2v) is 7.75. The van der Waals surface area contributed by atoms with Crippen molar-refractivity contribution in [1.29, 1.82) is 0 Å². The van der Waals surface area contributed by atoms with Crippen molar-refractivity contribution in [3.8, 4) is 11.5 Å². The summed E-state index contributed by atoms with van der Waals surface area (Å²) in [6, 6.07) is 13.0. The van der Waals surface area contributed by atoms with Gasteiger partial charge in [0.05, 0.1) is 18.8 Å². The molecule has 0 bridgehead atoms. The Morgan fingerprint density at radius 3 is 2.86 bits per heavy atom. The minimum atomic E-state index is -0.119. The number of amides is 1. The largest absolute Gasteiger partial charge is 0.454 e. The number of rotatable bonds is 4. The molecule has 6 nitrogen and oxygen atoms in total. The summed E-state index contributed by atoms with van der Waals surface area (Å²) < 4.78 is 12.7. The smallest absolute Gasteiger partial charge is 0.251 e. The molecule has 3 aromatic rings. The van der Waals surface area contributed by atoms with Gasteiger partial charge < -0.3 is 14.8 Å². The first-order chi connectivity index (χ1) is 14.2. The molecule has 0 saturated heterocycles. The zero-order chi connectivity index (χ0) is 19.8. The van der Waals surface area contributed by atoms with Crippen LogP contribution >= 0.6 is 11.6 Å². The third-order valence-corrected chi connectivity index (χ3v) is 5.70. The number of hydrogen-bond donors (Lipinski definition) is 1. The van der Waals surface area contributed by atoms with Crippen LogP contribution in [-0.2, 0) is 13.0 Å². The number of carbonyl (C=O) groups is 1. The number of carbonyl (C=O) groups excluding carboxylic acids is 1. The molecule has 0 saturated carbocycles. The van der Waals surface area contributed by atoms with Gasteiger partial charge in [0.2, 0.25) is 6.79 Å². The molecule has 0 radical (unpaired) electrons. The molecular weight excluding hydrogens is 390 g/mol. The summed E-state index contributed by atoms with van der Waals surface area (Å²) in [5.74, 6) is 1.16. The van der Waals surface area contributed by atoms with E-state index in [0.29, 0.717) is 23.6 Å². The molecule has 148 valence electrons. The van der Waals surface area contributed by atoms with E-state index in [1.807, 2.05) is 35.1 Å². The number of nitrogens with zero attached hydrogens (tertiary/aromatic N) is 2. The van der Waals surface area contributed by atoms with Gasteiger partial charge in [0.1, 0.15) is 0 Å². The molecule has 0 fully saturated rings. The molecule has 2 heterocycles. The lowest BCUT2D eigenvalue weighted by Gasteiger charge is -2.24. The lowest BCUT2D eigenvalue weighted by molar-refractivity contribution is 0.0932. The Morgan fingerprint density at radius 1 is 1.17 bits per heavy atom. The first-order valence-electron chi connectivity index (χ1n) is 9.67. The van der Waals surface area contributed by atoms with E-state index in [1.165, 1.54) is 5.69 Å². The third kappa shape index (κ3) is 3.56. The number of hydrogen-bond acceptors (Lipinski definition) is 4. The van der Waals surface area contributed by atoms with Gasteiger partial charge in [0, 0.05) is 21.8 Å². The Bertz CT molecular complexity index is 1060. The van der Waals surface area contributed by atoms with Gasteiger partial charge in [-0.2, -0.15) is 5.10 Å². The van der Waals surface area contributed by atoms with E-state index in [-0.39, 0.29) is 18.7 Å². The Balaban J connectivity index is 1.34. The van der Waals surface area contributed by atoms with E-state index in [1.54, 1.807) is 18.2 Å². The summed E-state index contributed by atoms with van der Waals surface area (Å²) in [5.41, 5.74) is 3.99. The fourth-order valence-electron chi connectivity index (χ4n) is 3.95. The first-order valence-corrected chi connectivity index (χ1v) is 10.0. The maximum atomic E-state index is 12.8. The standard InChI is InChI=1S/C22H20ClN3O3/c23-16-7-4-14(5-8-16)12-26-19-3-1-2-18(17(19)11-24-26)25-22(27)15-6-9-20-21(10-15)29-13-28-20/h4-11,18H,1-3,12-13H2,(H,25,27)/t18-/m0/s1. The molecule has 2 aromatic carbocycles.